The van der Waals surface area contributed by atoms with Crippen LogP contribution in [0.1, 0.15) is 19.4 Å². The first-order valence-corrected chi connectivity index (χ1v) is 12.5. The molecule has 5 nitrogen and oxygen atoms in total. The van der Waals surface area contributed by atoms with Crippen molar-refractivity contribution < 1.29 is 28.9 Å². The molecule has 0 aromatic heterocycles. The van der Waals surface area contributed by atoms with Gasteiger partial charge in [-0.1, -0.05) is 0 Å². The average Bonchev–Trinajstić information content (AvgIpc) is 2.65. The molecule has 0 fully saturated rings. The van der Waals surface area contributed by atoms with Gasteiger partial charge in [-0.25, -0.2) is 0 Å². The van der Waals surface area contributed by atoms with E-state index in [0.29, 0.717) is 12.8 Å². The molecule has 2 rings (SSSR count). The SMILES string of the molecule is CC(=N/C(=C(\C)[Te](=O)c1ccccc1)c1ccccc1)OS(=O)(=O)C(F)(F)F. The number of hydrogen-bond donors (Lipinski definition) is 0. The Hall–Kier alpha value is -2.02. The molecule has 0 spiro atoms. The predicted molar refractivity (Wildman–Crippen MR) is 101 cm³/mol. The van der Waals surface area contributed by atoms with E-state index in [9.17, 15) is 24.7 Å². The third kappa shape index (κ3) is 5.50. The summed E-state index contributed by atoms with van der Waals surface area (Å²) in [7, 11) is -5.84. The number of benzene rings is 2. The van der Waals surface area contributed by atoms with E-state index in [2.05, 4.69) is 9.18 Å². The second-order valence-electron chi connectivity index (χ2n) is 5.47. The van der Waals surface area contributed by atoms with Gasteiger partial charge in [-0.3, -0.25) is 0 Å². The van der Waals surface area contributed by atoms with Gasteiger partial charge >= 0.3 is 168 Å². The molecule has 2 aromatic carbocycles. The Morgan fingerprint density at radius 1 is 0.964 bits per heavy atom. The van der Waals surface area contributed by atoms with E-state index in [1.54, 1.807) is 67.6 Å². The summed E-state index contributed by atoms with van der Waals surface area (Å²) < 4.78 is 78.1. The van der Waals surface area contributed by atoms with Crippen LogP contribution >= 0.6 is 0 Å². The molecule has 0 amide bonds. The normalized spacial score (nSPS) is 14.0. The summed E-state index contributed by atoms with van der Waals surface area (Å²) in [6, 6.07) is 16.9. The van der Waals surface area contributed by atoms with E-state index in [0.717, 1.165) is 6.92 Å². The van der Waals surface area contributed by atoms with Crippen molar-refractivity contribution in [3.05, 3.63) is 69.8 Å². The summed E-state index contributed by atoms with van der Waals surface area (Å²) in [4.78, 5) is 3.93. The fraction of sp³-hybridized carbons (Fsp3) is 0.167. The zero-order valence-corrected chi connectivity index (χ0v) is 18.0. The van der Waals surface area contributed by atoms with Crippen LogP contribution < -0.4 is 3.61 Å². The number of halogens is 3. The van der Waals surface area contributed by atoms with Crippen molar-refractivity contribution in [2.75, 3.05) is 0 Å². The van der Waals surface area contributed by atoms with Gasteiger partial charge in [-0.2, -0.15) is 0 Å². The van der Waals surface area contributed by atoms with Crippen LogP contribution in [-0.4, -0.2) is 39.4 Å². The molecular weight excluding hydrogens is 511 g/mol. The summed E-state index contributed by atoms with van der Waals surface area (Å²) in [5.41, 5.74) is -4.98. The fourth-order valence-electron chi connectivity index (χ4n) is 2.13. The standard InChI is InChI=1S/C18H16F3NO4STe/c1-13(28(25)16-11-7-4-8-12-16)17(15-9-5-3-6-10-15)22-14(2)26-27(23,24)18(19,20)21/h3-12H,1-2H3/b17-13+,22-14?. The molecular formula is C18H16F3NO4STe. The van der Waals surface area contributed by atoms with Crippen LogP contribution in [0.2, 0.25) is 0 Å². The van der Waals surface area contributed by atoms with Crippen LogP contribution in [0.3, 0.4) is 0 Å². The summed E-state index contributed by atoms with van der Waals surface area (Å²) >= 11 is -3.29. The van der Waals surface area contributed by atoms with Crippen molar-refractivity contribution in [2.24, 2.45) is 4.99 Å². The molecule has 0 radical (unpaired) electrons. The van der Waals surface area contributed by atoms with Gasteiger partial charge in [0.05, 0.1) is 0 Å². The number of nitrogens with zero attached hydrogens (tertiary/aromatic N) is 1. The van der Waals surface area contributed by atoms with Crippen molar-refractivity contribution in [1.29, 1.82) is 0 Å². The van der Waals surface area contributed by atoms with E-state index in [4.69, 9.17) is 0 Å². The van der Waals surface area contributed by atoms with Gasteiger partial charge in [0.15, 0.2) is 0 Å². The minimum absolute atomic E-state index is 0.117. The van der Waals surface area contributed by atoms with Gasteiger partial charge in [-0.05, 0) is 0 Å². The van der Waals surface area contributed by atoms with Gasteiger partial charge in [-0.15, -0.1) is 0 Å². The molecule has 0 bridgehead atoms. The van der Waals surface area contributed by atoms with E-state index < -0.39 is 41.1 Å². The number of alkyl halides is 3. The van der Waals surface area contributed by atoms with Crippen molar-refractivity contribution in [1.82, 2.24) is 0 Å². The van der Waals surface area contributed by atoms with Crippen molar-refractivity contribution in [2.45, 2.75) is 19.4 Å². The summed E-state index contributed by atoms with van der Waals surface area (Å²) in [6.07, 6.45) is 0. The molecule has 0 atom stereocenters. The molecule has 0 aliphatic heterocycles. The van der Waals surface area contributed by atoms with E-state index >= 15 is 0 Å². The Morgan fingerprint density at radius 2 is 1.46 bits per heavy atom. The Morgan fingerprint density at radius 3 is 1.96 bits per heavy atom. The van der Waals surface area contributed by atoms with Crippen LogP contribution in [0.5, 0.6) is 0 Å². The van der Waals surface area contributed by atoms with Gasteiger partial charge in [0.25, 0.3) is 0 Å². The maximum absolute atomic E-state index is 13.0. The van der Waals surface area contributed by atoms with Crippen LogP contribution in [0.25, 0.3) is 5.70 Å². The monoisotopic (exact) mass is 529 g/mol. The first-order chi connectivity index (χ1) is 13.0. The third-order valence-corrected chi connectivity index (χ3v) is 8.56. The quantitative estimate of drug-likeness (QED) is 0.196. The van der Waals surface area contributed by atoms with Crippen LogP contribution in [0.4, 0.5) is 13.2 Å². The number of rotatable bonds is 5. The molecule has 28 heavy (non-hydrogen) atoms. The zero-order chi connectivity index (χ0) is 20.9. The van der Waals surface area contributed by atoms with Gasteiger partial charge in [0.1, 0.15) is 0 Å². The Bertz CT molecular complexity index is 1020. The van der Waals surface area contributed by atoms with Gasteiger partial charge in [0.2, 0.25) is 0 Å². The second-order valence-corrected chi connectivity index (χ2v) is 11.6. The Labute approximate surface area is 167 Å². The minimum atomic E-state index is -5.84. The molecule has 0 unspecified atom stereocenters. The van der Waals surface area contributed by atoms with Crippen molar-refractivity contribution >= 4 is 44.9 Å². The van der Waals surface area contributed by atoms with Gasteiger partial charge in [0, 0.05) is 0 Å². The number of hydrogen-bond acceptors (Lipinski definition) is 5. The summed E-state index contributed by atoms with van der Waals surface area (Å²) in [6.45, 7) is 2.56. The molecule has 0 aliphatic rings. The molecule has 2 aromatic rings. The second kappa shape index (κ2) is 8.99. The van der Waals surface area contributed by atoms with Crippen molar-refractivity contribution in [3.63, 3.8) is 0 Å². The van der Waals surface area contributed by atoms with Crippen LogP contribution in [0.15, 0.2) is 69.3 Å². The molecule has 150 valence electrons. The van der Waals surface area contributed by atoms with E-state index in [1.165, 1.54) is 0 Å². The van der Waals surface area contributed by atoms with Crippen LogP contribution in [0, 0.1) is 0 Å². The van der Waals surface area contributed by atoms with Gasteiger partial charge < -0.3 is 0 Å². The molecule has 0 heterocycles. The summed E-state index contributed by atoms with van der Waals surface area (Å²) in [5, 5.41) is 0. The first kappa shape index (κ1) is 22.3. The molecule has 0 aliphatic carbocycles. The Kier molecular flexibility index (Phi) is 7.15. The first-order valence-electron chi connectivity index (χ1n) is 7.82. The van der Waals surface area contributed by atoms with Crippen molar-refractivity contribution in [3.8, 4) is 0 Å². The molecule has 0 N–H and O–H groups in total. The Balaban J connectivity index is 2.54. The maximum atomic E-state index is 13.0. The predicted octanol–water partition coefficient (Wildman–Crippen LogP) is 3.57. The third-order valence-electron chi connectivity index (χ3n) is 3.40. The zero-order valence-electron chi connectivity index (χ0n) is 14.8. The van der Waals surface area contributed by atoms with Crippen LogP contribution in [-0.2, 0) is 17.4 Å². The topological polar surface area (TPSA) is 72.8 Å². The molecule has 0 saturated heterocycles. The number of aliphatic imine (C=N–C) groups is 1. The molecule has 0 saturated carbocycles. The average molecular weight is 527 g/mol. The fourth-order valence-corrected chi connectivity index (χ4v) is 5.71. The molecule has 10 heteroatoms. The summed E-state index contributed by atoms with van der Waals surface area (Å²) in [5.74, 6) is -0.727. The number of allylic oxidation sites excluding steroid dienone is 1. The van der Waals surface area contributed by atoms with E-state index in [-0.39, 0.29) is 5.70 Å². The van der Waals surface area contributed by atoms with E-state index in [1.807, 2.05) is 0 Å².